The van der Waals surface area contributed by atoms with Gasteiger partial charge in [0.2, 0.25) is 0 Å². The maximum atomic E-state index is 13.7. The molecule has 42 heavy (non-hydrogen) atoms. The number of benzene rings is 2. The molecule has 2 aromatic rings. The summed E-state index contributed by atoms with van der Waals surface area (Å²) in [6.45, 7) is -3.80. The molecule has 0 bridgehead atoms. The minimum absolute atomic E-state index is 0.0355. The standard InChI is InChI=1S/C24H15Cl3F13NO/c1-41(10-20(28,29)23(36,37)24(38,39)40)9-18(42)13-4-2-11(6-15(13)22(33,34)35)3-5-14(21(30,31)32)12-7-16(25)19(27)17(26)8-12/h2-8,14H,9-10H2,1H3/b5-3+. The van der Waals surface area contributed by atoms with Crippen molar-refractivity contribution in [2.24, 2.45) is 0 Å². The van der Waals surface area contributed by atoms with Crippen LogP contribution in [0.1, 0.15) is 33.0 Å². The molecule has 0 spiro atoms. The van der Waals surface area contributed by atoms with Gasteiger partial charge in [-0.3, -0.25) is 9.69 Å². The molecule has 1 unspecified atom stereocenters. The van der Waals surface area contributed by atoms with Crippen LogP contribution in [0.3, 0.4) is 0 Å². The molecule has 0 aliphatic carbocycles. The lowest BCUT2D eigenvalue weighted by Gasteiger charge is -2.31. The Morgan fingerprint density at radius 2 is 1.38 bits per heavy atom. The molecule has 0 saturated carbocycles. The monoisotopic (exact) mass is 685 g/mol. The summed E-state index contributed by atoms with van der Waals surface area (Å²) in [6, 6.07) is 3.18. The Bertz CT molecular complexity index is 1310. The van der Waals surface area contributed by atoms with Crippen molar-refractivity contribution in [3.05, 3.63) is 73.7 Å². The van der Waals surface area contributed by atoms with Crippen LogP contribution in [0.15, 0.2) is 36.4 Å². The summed E-state index contributed by atoms with van der Waals surface area (Å²) >= 11 is 17.3. The summed E-state index contributed by atoms with van der Waals surface area (Å²) < 4.78 is 173. The molecule has 2 rings (SSSR count). The van der Waals surface area contributed by atoms with Gasteiger partial charge >= 0.3 is 30.4 Å². The first kappa shape index (κ1) is 36.0. The summed E-state index contributed by atoms with van der Waals surface area (Å²) in [7, 11) is 0.495. The van der Waals surface area contributed by atoms with Crippen LogP contribution in [0, 0.1) is 0 Å². The lowest BCUT2D eigenvalue weighted by molar-refractivity contribution is -0.355. The van der Waals surface area contributed by atoms with Crippen LogP contribution >= 0.6 is 34.8 Å². The molecule has 0 fully saturated rings. The number of hydrogen-bond donors (Lipinski definition) is 0. The number of hydrogen-bond acceptors (Lipinski definition) is 2. The second-order valence-electron chi connectivity index (χ2n) is 8.85. The van der Waals surface area contributed by atoms with E-state index >= 15 is 0 Å². The fourth-order valence-corrected chi connectivity index (χ4v) is 4.16. The van der Waals surface area contributed by atoms with Crippen molar-refractivity contribution in [2.45, 2.75) is 36.3 Å². The minimum Gasteiger partial charge on any atom is -0.293 e. The Morgan fingerprint density at radius 3 is 1.83 bits per heavy atom. The number of halogens is 16. The molecule has 0 saturated heterocycles. The zero-order chi connectivity index (χ0) is 32.6. The summed E-state index contributed by atoms with van der Waals surface area (Å²) in [5.41, 5.74) is -3.97. The molecule has 0 heterocycles. The van der Waals surface area contributed by atoms with E-state index in [9.17, 15) is 61.9 Å². The highest BCUT2D eigenvalue weighted by Crippen LogP contribution is 2.47. The molecule has 234 valence electrons. The predicted octanol–water partition coefficient (Wildman–Crippen LogP) is 9.97. The van der Waals surface area contributed by atoms with Gasteiger partial charge in [-0.05, 0) is 36.4 Å². The lowest BCUT2D eigenvalue weighted by atomic mass is 9.95. The Labute approximate surface area is 243 Å². The number of alkyl halides is 13. The molecular weight excluding hydrogens is 672 g/mol. The van der Waals surface area contributed by atoms with Crippen molar-refractivity contribution in [1.82, 2.24) is 4.90 Å². The van der Waals surface area contributed by atoms with Crippen LogP contribution in [0.25, 0.3) is 6.08 Å². The van der Waals surface area contributed by atoms with Gasteiger partial charge in [0.15, 0.2) is 5.78 Å². The van der Waals surface area contributed by atoms with Gasteiger partial charge in [-0.15, -0.1) is 0 Å². The third-order valence-corrected chi connectivity index (χ3v) is 6.74. The fourth-order valence-electron chi connectivity index (χ4n) is 3.55. The summed E-state index contributed by atoms with van der Waals surface area (Å²) in [4.78, 5) is 12.4. The Balaban J connectivity index is 2.40. The fraction of sp³-hybridized carbons (Fsp3) is 0.375. The number of allylic oxidation sites excluding steroid dienone is 1. The van der Waals surface area contributed by atoms with Crippen LogP contribution < -0.4 is 0 Å². The molecule has 18 heteroatoms. The third-order valence-electron chi connectivity index (χ3n) is 5.55. The number of carbonyl (C=O) groups excluding carboxylic acids is 1. The molecule has 1 atom stereocenters. The van der Waals surface area contributed by atoms with E-state index in [4.69, 9.17) is 34.8 Å². The van der Waals surface area contributed by atoms with E-state index in [0.29, 0.717) is 25.3 Å². The number of nitrogens with zero attached hydrogens (tertiary/aromatic N) is 1. The van der Waals surface area contributed by atoms with Crippen molar-refractivity contribution >= 4 is 46.7 Å². The van der Waals surface area contributed by atoms with Crippen molar-refractivity contribution in [3.8, 4) is 0 Å². The normalized spacial score (nSPS) is 14.6. The second kappa shape index (κ2) is 12.4. The third kappa shape index (κ3) is 8.23. The van der Waals surface area contributed by atoms with Gasteiger partial charge in [-0.1, -0.05) is 59.1 Å². The van der Waals surface area contributed by atoms with Crippen molar-refractivity contribution in [2.75, 3.05) is 20.1 Å². The number of carbonyl (C=O) groups is 1. The van der Waals surface area contributed by atoms with E-state index < -0.39 is 77.4 Å². The highest BCUT2D eigenvalue weighted by Gasteiger charge is 2.72. The zero-order valence-electron chi connectivity index (χ0n) is 20.4. The predicted molar refractivity (Wildman–Crippen MR) is 129 cm³/mol. The van der Waals surface area contributed by atoms with Gasteiger partial charge < -0.3 is 0 Å². The maximum absolute atomic E-state index is 13.7. The van der Waals surface area contributed by atoms with Crippen molar-refractivity contribution in [3.63, 3.8) is 0 Å². The van der Waals surface area contributed by atoms with Crippen molar-refractivity contribution < 1.29 is 61.9 Å². The summed E-state index contributed by atoms with van der Waals surface area (Å²) in [5.74, 6) is -16.3. The van der Waals surface area contributed by atoms with Gasteiger partial charge in [-0.25, -0.2) is 0 Å². The molecule has 2 nitrogen and oxygen atoms in total. The quantitative estimate of drug-likeness (QED) is 0.149. The second-order valence-corrected chi connectivity index (χ2v) is 10.0. The maximum Gasteiger partial charge on any atom is 0.459 e. The van der Waals surface area contributed by atoms with Crippen LogP contribution in [0.4, 0.5) is 57.1 Å². The number of likely N-dealkylation sites (N-methyl/N-ethyl adjacent to an activating group) is 1. The lowest BCUT2D eigenvalue weighted by Crippen LogP contribution is -2.56. The first-order chi connectivity index (χ1) is 18.8. The average molecular weight is 687 g/mol. The average Bonchev–Trinajstić information content (AvgIpc) is 2.79. The highest BCUT2D eigenvalue weighted by atomic mass is 35.5. The number of Topliss-reactive ketones (excluding diaryl/α,β-unsaturated/α-hetero) is 1. The largest absolute Gasteiger partial charge is 0.459 e. The smallest absolute Gasteiger partial charge is 0.293 e. The SMILES string of the molecule is CN(CC(=O)c1ccc(/C=C/C(c2cc(Cl)c(Cl)c(Cl)c2)C(F)(F)F)cc1C(F)(F)F)CC(F)(F)C(F)(F)C(F)(F)F. The van der Waals surface area contributed by atoms with Gasteiger partial charge in [0, 0.05) is 5.56 Å². The highest BCUT2D eigenvalue weighted by molar-refractivity contribution is 6.48. The molecule has 0 radical (unpaired) electrons. The van der Waals surface area contributed by atoms with Gasteiger partial charge in [0.05, 0.1) is 39.6 Å². The molecule has 0 amide bonds. The van der Waals surface area contributed by atoms with Crippen LogP contribution in [-0.2, 0) is 6.18 Å². The first-order valence-corrected chi connectivity index (χ1v) is 12.1. The van der Waals surface area contributed by atoms with E-state index in [1.807, 2.05) is 0 Å². The van der Waals surface area contributed by atoms with Gasteiger partial charge in [0.1, 0.15) is 0 Å². The van der Waals surface area contributed by atoms with E-state index in [-0.39, 0.29) is 26.0 Å². The van der Waals surface area contributed by atoms with Gasteiger partial charge in [0.25, 0.3) is 0 Å². The first-order valence-electron chi connectivity index (χ1n) is 10.9. The molecular formula is C24H15Cl3F13NO. The van der Waals surface area contributed by atoms with Gasteiger partial charge in [-0.2, -0.15) is 57.1 Å². The van der Waals surface area contributed by atoms with E-state index in [0.717, 1.165) is 18.2 Å². The van der Waals surface area contributed by atoms with Crippen LogP contribution in [0.2, 0.25) is 15.1 Å². The zero-order valence-corrected chi connectivity index (χ0v) is 22.7. The minimum atomic E-state index is -6.66. The van der Waals surface area contributed by atoms with Crippen molar-refractivity contribution in [1.29, 1.82) is 0 Å². The number of ketones is 1. The Morgan fingerprint density at radius 1 is 0.857 bits per heavy atom. The van der Waals surface area contributed by atoms with E-state index in [2.05, 4.69) is 0 Å². The van der Waals surface area contributed by atoms with E-state index in [1.165, 1.54) is 0 Å². The van der Waals surface area contributed by atoms with Crippen LogP contribution in [0.5, 0.6) is 0 Å². The summed E-state index contributed by atoms with van der Waals surface area (Å²) in [5, 5.41) is -0.923. The van der Waals surface area contributed by atoms with E-state index in [1.54, 1.807) is 0 Å². The molecule has 2 aromatic carbocycles. The molecule has 0 aliphatic heterocycles. The Hall–Kier alpha value is -2.23. The number of rotatable bonds is 9. The summed E-state index contributed by atoms with van der Waals surface area (Å²) in [6.07, 6.45) is -15.9. The Kier molecular flexibility index (Phi) is 10.6. The molecule has 0 N–H and O–H groups in total. The van der Waals surface area contributed by atoms with Crippen LogP contribution in [-0.4, -0.2) is 55.0 Å². The molecule has 0 aliphatic rings. The topological polar surface area (TPSA) is 20.3 Å². The molecule has 0 aromatic heterocycles.